The quantitative estimate of drug-likeness (QED) is 0.479. The molecule has 0 bridgehead atoms. The third kappa shape index (κ3) is 3.61. The van der Waals surface area contributed by atoms with Crippen LogP contribution in [0.1, 0.15) is 18.0 Å². The van der Waals surface area contributed by atoms with Gasteiger partial charge in [-0.2, -0.15) is 0 Å². The number of hydrogen-bond donors (Lipinski definition) is 0. The molecule has 4 aromatic rings. The van der Waals surface area contributed by atoms with Crippen LogP contribution in [0.2, 0.25) is 0 Å². The molecule has 4 rings (SSSR count). The van der Waals surface area contributed by atoms with Crippen LogP contribution in [-0.4, -0.2) is 29.4 Å². The number of likely N-dealkylation sites (N-methyl/N-ethyl adjacent to an activating group) is 1. The molecule has 2 heterocycles. The van der Waals surface area contributed by atoms with Crippen LogP contribution in [0.3, 0.4) is 0 Å². The molecule has 0 aliphatic heterocycles. The number of fused-ring (bicyclic) bond motifs is 2. The smallest absolute Gasteiger partial charge is 0.336 e. The molecular weight excluding hydrogens is 376 g/mol. The summed E-state index contributed by atoms with van der Waals surface area (Å²) in [5.41, 5.74) is 0.933. The fourth-order valence-electron chi connectivity index (χ4n) is 2.83. The number of rotatable bonds is 5. The van der Waals surface area contributed by atoms with Gasteiger partial charge in [-0.1, -0.05) is 12.1 Å². The number of nitrogens with zero attached hydrogens (tertiary/aromatic N) is 2. The summed E-state index contributed by atoms with van der Waals surface area (Å²) in [6.45, 7) is 1.83. The van der Waals surface area contributed by atoms with E-state index in [2.05, 4.69) is 4.98 Å². The first-order valence-corrected chi connectivity index (χ1v) is 9.61. The lowest BCUT2D eigenvalue weighted by atomic mass is 10.2. The van der Waals surface area contributed by atoms with E-state index >= 15 is 0 Å². The average Bonchev–Trinajstić information content (AvgIpc) is 3.14. The second kappa shape index (κ2) is 7.44. The van der Waals surface area contributed by atoms with Crippen molar-refractivity contribution in [2.24, 2.45) is 0 Å². The van der Waals surface area contributed by atoms with Gasteiger partial charge < -0.3 is 14.1 Å². The summed E-state index contributed by atoms with van der Waals surface area (Å²) in [5, 5.41) is 1.67. The molecule has 28 heavy (non-hydrogen) atoms. The Bertz CT molecular complexity index is 1180. The molecule has 1 atom stereocenters. The molecule has 7 heteroatoms. The molecule has 0 aliphatic rings. The summed E-state index contributed by atoms with van der Waals surface area (Å²) in [5.74, 6) is 0.303. The largest absolute Gasteiger partial charge is 0.484 e. The summed E-state index contributed by atoms with van der Waals surface area (Å²) >= 11 is 1.58. The van der Waals surface area contributed by atoms with Gasteiger partial charge in [0.25, 0.3) is 5.91 Å². The average molecular weight is 394 g/mol. The second-order valence-electron chi connectivity index (χ2n) is 6.44. The van der Waals surface area contributed by atoms with Crippen LogP contribution in [0.25, 0.3) is 21.2 Å². The Morgan fingerprint density at radius 3 is 2.82 bits per heavy atom. The third-order valence-electron chi connectivity index (χ3n) is 4.60. The SMILES string of the molecule is C[C@@H](c1nc2ccccc2s1)N(C)C(=O)COc1ccc2ccc(=O)oc2c1. The Balaban J connectivity index is 1.44. The number of para-hydroxylation sites is 1. The predicted molar refractivity (Wildman–Crippen MR) is 109 cm³/mol. The highest BCUT2D eigenvalue weighted by Crippen LogP contribution is 2.29. The molecule has 0 unspecified atom stereocenters. The standard InChI is InChI=1S/C21H18N2O4S/c1-13(21-22-16-5-3-4-6-18(16)28-21)23(2)19(24)12-26-15-9-7-14-8-10-20(25)27-17(14)11-15/h3-11,13H,12H2,1-2H3/t13-/m0/s1. The Hall–Kier alpha value is -3.19. The molecule has 6 nitrogen and oxygen atoms in total. The molecule has 0 saturated carbocycles. The van der Waals surface area contributed by atoms with Gasteiger partial charge >= 0.3 is 5.63 Å². The fraction of sp³-hybridized carbons (Fsp3) is 0.190. The van der Waals surface area contributed by atoms with Crippen LogP contribution in [0.5, 0.6) is 5.75 Å². The van der Waals surface area contributed by atoms with Gasteiger partial charge in [-0.05, 0) is 37.3 Å². The highest BCUT2D eigenvalue weighted by atomic mass is 32.1. The predicted octanol–water partition coefficient (Wildman–Crippen LogP) is 4.00. The van der Waals surface area contributed by atoms with E-state index in [0.717, 1.165) is 20.6 Å². The first-order valence-electron chi connectivity index (χ1n) is 8.79. The summed E-state index contributed by atoms with van der Waals surface area (Å²) in [6, 6.07) is 15.9. The van der Waals surface area contributed by atoms with Crippen LogP contribution in [-0.2, 0) is 4.79 Å². The zero-order chi connectivity index (χ0) is 19.7. The van der Waals surface area contributed by atoms with E-state index in [1.54, 1.807) is 47.5 Å². The van der Waals surface area contributed by atoms with Crippen molar-refractivity contribution >= 4 is 38.4 Å². The van der Waals surface area contributed by atoms with Crippen LogP contribution in [0.15, 0.2) is 63.8 Å². The molecule has 0 spiro atoms. The zero-order valence-electron chi connectivity index (χ0n) is 15.4. The van der Waals surface area contributed by atoms with Crippen LogP contribution in [0, 0.1) is 0 Å². The number of thiazole rings is 1. The minimum atomic E-state index is -0.426. The van der Waals surface area contributed by atoms with Gasteiger partial charge in [-0.25, -0.2) is 9.78 Å². The minimum absolute atomic E-state index is 0.117. The topological polar surface area (TPSA) is 72.6 Å². The number of aromatic nitrogens is 1. The molecule has 2 aromatic heterocycles. The Morgan fingerprint density at radius 1 is 1.21 bits per heavy atom. The summed E-state index contributed by atoms with van der Waals surface area (Å²) in [6.07, 6.45) is 0. The molecule has 0 radical (unpaired) electrons. The molecular formula is C21H18N2O4S. The molecule has 0 aliphatic carbocycles. The highest BCUT2D eigenvalue weighted by molar-refractivity contribution is 7.18. The number of carbonyl (C=O) groups is 1. The van der Waals surface area contributed by atoms with Gasteiger partial charge in [0.2, 0.25) is 0 Å². The Labute approximate surface area is 165 Å². The second-order valence-corrected chi connectivity index (χ2v) is 7.51. The number of carbonyl (C=O) groups excluding carboxylic acids is 1. The number of ether oxygens (including phenoxy) is 1. The van der Waals surface area contributed by atoms with Crippen molar-refractivity contribution in [3.8, 4) is 5.75 Å². The van der Waals surface area contributed by atoms with Crippen LogP contribution < -0.4 is 10.4 Å². The van der Waals surface area contributed by atoms with E-state index in [1.807, 2.05) is 31.2 Å². The van der Waals surface area contributed by atoms with E-state index in [1.165, 1.54) is 6.07 Å². The molecule has 0 saturated heterocycles. The molecule has 0 fully saturated rings. The van der Waals surface area contributed by atoms with Crippen molar-refractivity contribution in [2.45, 2.75) is 13.0 Å². The van der Waals surface area contributed by atoms with Crippen molar-refractivity contribution in [1.82, 2.24) is 9.88 Å². The van der Waals surface area contributed by atoms with E-state index in [4.69, 9.17) is 9.15 Å². The number of benzene rings is 2. The Morgan fingerprint density at radius 2 is 2.00 bits per heavy atom. The lowest BCUT2D eigenvalue weighted by molar-refractivity contribution is -0.134. The first-order chi connectivity index (χ1) is 13.5. The van der Waals surface area contributed by atoms with E-state index in [0.29, 0.717) is 11.3 Å². The molecule has 0 N–H and O–H groups in total. The third-order valence-corrected chi connectivity index (χ3v) is 5.81. The molecule has 2 aromatic carbocycles. The van der Waals surface area contributed by atoms with Crippen molar-refractivity contribution < 1.29 is 13.9 Å². The van der Waals surface area contributed by atoms with Crippen LogP contribution in [0.4, 0.5) is 0 Å². The number of amides is 1. The summed E-state index contributed by atoms with van der Waals surface area (Å²) < 4.78 is 11.9. The van der Waals surface area contributed by atoms with Crippen LogP contribution >= 0.6 is 11.3 Å². The zero-order valence-corrected chi connectivity index (χ0v) is 16.2. The Kier molecular flexibility index (Phi) is 4.83. The number of hydrogen-bond acceptors (Lipinski definition) is 6. The summed E-state index contributed by atoms with van der Waals surface area (Å²) in [4.78, 5) is 30.2. The van der Waals surface area contributed by atoms with Crippen molar-refractivity contribution in [3.05, 3.63) is 70.0 Å². The van der Waals surface area contributed by atoms with Crippen molar-refractivity contribution in [3.63, 3.8) is 0 Å². The maximum absolute atomic E-state index is 12.6. The lowest BCUT2D eigenvalue weighted by Gasteiger charge is -2.23. The maximum atomic E-state index is 12.6. The van der Waals surface area contributed by atoms with Gasteiger partial charge in [-0.15, -0.1) is 11.3 Å². The van der Waals surface area contributed by atoms with Gasteiger partial charge in [0, 0.05) is 24.6 Å². The first kappa shape index (κ1) is 18.2. The lowest BCUT2D eigenvalue weighted by Crippen LogP contribution is -2.33. The van der Waals surface area contributed by atoms with Gasteiger partial charge in [-0.3, -0.25) is 4.79 Å². The molecule has 1 amide bonds. The maximum Gasteiger partial charge on any atom is 0.336 e. The summed E-state index contributed by atoms with van der Waals surface area (Å²) in [7, 11) is 1.74. The fourth-order valence-corrected chi connectivity index (χ4v) is 3.89. The minimum Gasteiger partial charge on any atom is -0.484 e. The van der Waals surface area contributed by atoms with Gasteiger partial charge in [0.05, 0.1) is 16.3 Å². The molecule has 142 valence electrons. The van der Waals surface area contributed by atoms with E-state index in [9.17, 15) is 9.59 Å². The van der Waals surface area contributed by atoms with Gasteiger partial charge in [0.15, 0.2) is 6.61 Å². The normalized spacial score (nSPS) is 12.2. The monoisotopic (exact) mass is 394 g/mol. The van der Waals surface area contributed by atoms with E-state index < -0.39 is 5.63 Å². The van der Waals surface area contributed by atoms with Crippen molar-refractivity contribution in [2.75, 3.05) is 13.7 Å². The van der Waals surface area contributed by atoms with Gasteiger partial charge in [0.1, 0.15) is 16.3 Å². The van der Waals surface area contributed by atoms with E-state index in [-0.39, 0.29) is 18.6 Å². The highest BCUT2D eigenvalue weighted by Gasteiger charge is 2.21. The van der Waals surface area contributed by atoms with Crippen molar-refractivity contribution in [1.29, 1.82) is 0 Å².